The Labute approximate surface area is 133 Å². The third-order valence-electron chi connectivity index (χ3n) is 3.37. The van der Waals surface area contributed by atoms with Crippen molar-refractivity contribution in [1.82, 2.24) is 5.32 Å². The summed E-state index contributed by atoms with van der Waals surface area (Å²) in [7, 11) is 1.94. The predicted molar refractivity (Wildman–Crippen MR) is 87.0 cm³/mol. The van der Waals surface area contributed by atoms with Crippen LogP contribution in [-0.2, 0) is 6.61 Å². The zero-order valence-electron chi connectivity index (χ0n) is 12.2. The van der Waals surface area contributed by atoms with Gasteiger partial charge >= 0.3 is 0 Å². The van der Waals surface area contributed by atoms with Crippen LogP contribution in [0.4, 0.5) is 4.39 Å². The van der Waals surface area contributed by atoms with E-state index in [9.17, 15) is 4.39 Å². The van der Waals surface area contributed by atoms with Crippen LogP contribution >= 0.6 is 15.9 Å². The maximum Gasteiger partial charge on any atom is 0.124 e. The molecule has 4 heteroatoms. The highest BCUT2D eigenvalue weighted by atomic mass is 79.9. The van der Waals surface area contributed by atoms with Gasteiger partial charge < -0.3 is 10.1 Å². The average molecular weight is 352 g/mol. The van der Waals surface area contributed by atoms with Crippen molar-refractivity contribution in [3.8, 4) is 5.75 Å². The van der Waals surface area contributed by atoms with Gasteiger partial charge in [0.2, 0.25) is 0 Å². The highest BCUT2D eigenvalue weighted by Crippen LogP contribution is 2.27. The number of benzene rings is 2. The summed E-state index contributed by atoms with van der Waals surface area (Å²) in [6, 6.07) is 13.0. The summed E-state index contributed by atoms with van der Waals surface area (Å²) in [5.41, 5.74) is 1.92. The summed E-state index contributed by atoms with van der Waals surface area (Å²) in [5.74, 6) is 0.567. The molecule has 0 fully saturated rings. The quantitative estimate of drug-likeness (QED) is 0.803. The van der Waals surface area contributed by atoms with Gasteiger partial charge in [0.15, 0.2) is 0 Å². The summed E-state index contributed by atoms with van der Waals surface area (Å²) in [4.78, 5) is 0. The topological polar surface area (TPSA) is 21.3 Å². The van der Waals surface area contributed by atoms with Crippen LogP contribution in [0.5, 0.6) is 5.75 Å². The monoisotopic (exact) mass is 351 g/mol. The number of para-hydroxylation sites is 1. The molecule has 2 rings (SSSR count). The van der Waals surface area contributed by atoms with E-state index in [0.29, 0.717) is 6.61 Å². The zero-order valence-corrected chi connectivity index (χ0v) is 13.8. The van der Waals surface area contributed by atoms with Crippen molar-refractivity contribution >= 4 is 15.9 Å². The summed E-state index contributed by atoms with van der Waals surface area (Å²) in [6.07, 6.45) is 0.975. The summed E-state index contributed by atoms with van der Waals surface area (Å²) in [5, 5.41) is 3.28. The fourth-order valence-corrected chi connectivity index (χ4v) is 2.85. The van der Waals surface area contributed by atoms with Crippen molar-refractivity contribution in [2.45, 2.75) is 26.0 Å². The Bertz CT molecular complexity index is 579. The molecule has 1 atom stereocenters. The lowest BCUT2D eigenvalue weighted by Crippen LogP contribution is -2.16. The van der Waals surface area contributed by atoms with Crippen LogP contribution in [0, 0.1) is 5.82 Å². The Morgan fingerprint density at radius 1 is 1.24 bits per heavy atom. The maximum absolute atomic E-state index is 13.4. The number of rotatable bonds is 6. The van der Waals surface area contributed by atoms with Gasteiger partial charge in [0, 0.05) is 16.1 Å². The number of hydrogen-bond donors (Lipinski definition) is 1. The van der Waals surface area contributed by atoms with Crippen LogP contribution in [0.1, 0.15) is 30.5 Å². The molecule has 0 saturated carbocycles. The number of nitrogens with one attached hydrogen (secondary N) is 1. The molecule has 0 aliphatic heterocycles. The Kier molecular flexibility index (Phi) is 5.76. The van der Waals surface area contributed by atoms with Crippen LogP contribution < -0.4 is 10.1 Å². The van der Waals surface area contributed by atoms with Crippen molar-refractivity contribution in [3.63, 3.8) is 0 Å². The van der Waals surface area contributed by atoms with Crippen LogP contribution in [0.2, 0.25) is 0 Å². The van der Waals surface area contributed by atoms with Crippen LogP contribution in [0.25, 0.3) is 0 Å². The lowest BCUT2D eigenvalue weighted by molar-refractivity contribution is 0.298. The Balaban J connectivity index is 2.16. The smallest absolute Gasteiger partial charge is 0.124 e. The molecule has 0 amide bonds. The van der Waals surface area contributed by atoms with E-state index >= 15 is 0 Å². The molecule has 0 aromatic heterocycles. The minimum Gasteiger partial charge on any atom is -0.489 e. The molecule has 0 aliphatic carbocycles. The Morgan fingerprint density at radius 3 is 2.67 bits per heavy atom. The molecule has 0 spiro atoms. The summed E-state index contributed by atoms with van der Waals surface area (Å²) < 4.78 is 20.0. The van der Waals surface area contributed by atoms with Gasteiger partial charge in [-0.3, -0.25) is 0 Å². The lowest BCUT2D eigenvalue weighted by Gasteiger charge is -2.18. The van der Waals surface area contributed by atoms with Crippen molar-refractivity contribution in [2.75, 3.05) is 7.05 Å². The second kappa shape index (κ2) is 7.57. The van der Waals surface area contributed by atoms with E-state index in [1.165, 1.54) is 12.1 Å². The van der Waals surface area contributed by atoms with E-state index in [-0.39, 0.29) is 11.9 Å². The van der Waals surface area contributed by atoms with Crippen molar-refractivity contribution in [2.24, 2.45) is 0 Å². The second-order valence-electron chi connectivity index (χ2n) is 4.85. The van der Waals surface area contributed by atoms with E-state index in [1.54, 1.807) is 0 Å². The summed E-state index contributed by atoms with van der Waals surface area (Å²) in [6.45, 7) is 2.47. The van der Waals surface area contributed by atoms with Crippen LogP contribution in [0.3, 0.4) is 0 Å². The van der Waals surface area contributed by atoms with E-state index in [4.69, 9.17) is 4.74 Å². The maximum atomic E-state index is 13.4. The molecular formula is C17H19BrFNO. The lowest BCUT2D eigenvalue weighted by atomic mass is 10.0. The molecule has 1 N–H and O–H groups in total. The van der Waals surface area contributed by atoms with Gasteiger partial charge in [0.1, 0.15) is 18.2 Å². The second-order valence-corrected chi connectivity index (χ2v) is 5.77. The number of halogens is 2. The fourth-order valence-electron chi connectivity index (χ4n) is 2.33. The van der Waals surface area contributed by atoms with Crippen LogP contribution in [-0.4, -0.2) is 7.05 Å². The van der Waals surface area contributed by atoms with Gasteiger partial charge in [0.05, 0.1) is 0 Å². The molecule has 2 aromatic rings. The fraction of sp³-hybridized carbons (Fsp3) is 0.294. The van der Waals surface area contributed by atoms with E-state index in [1.807, 2.05) is 31.3 Å². The Morgan fingerprint density at radius 2 is 2.00 bits per heavy atom. The first-order valence-electron chi connectivity index (χ1n) is 6.98. The SMILES string of the molecule is CCC(NC)c1ccccc1OCc1cc(F)cc(Br)c1. The highest BCUT2D eigenvalue weighted by molar-refractivity contribution is 9.10. The van der Waals surface area contributed by atoms with E-state index in [2.05, 4.69) is 34.2 Å². The summed E-state index contributed by atoms with van der Waals surface area (Å²) >= 11 is 3.29. The molecule has 0 bridgehead atoms. The zero-order chi connectivity index (χ0) is 15.2. The minimum atomic E-state index is -0.266. The van der Waals surface area contributed by atoms with Gasteiger partial charge in [0.25, 0.3) is 0 Å². The molecule has 0 heterocycles. The van der Waals surface area contributed by atoms with Gasteiger partial charge in [-0.2, -0.15) is 0 Å². The molecule has 0 radical (unpaired) electrons. The van der Waals surface area contributed by atoms with Crippen molar-refractivity contribution in [3.05, 3.63) is 63.9 Å². The third kappa shape index (κ3) is 4.29. The first-order chi connectivity index (χ1) is 10.1. The van der Waals surface area contributed by atoms with Crippen molar-refractivity contribution < 1.29 is 9.13 Å². The first kappa shape index (κ1) is 16.0. The number of ether oxygens (including phenoxy) is 1. The van der Waals surface area contributed by atoms with Crippen molar-refractivity contribution in [1.29, 1.82) is 0 Å². The Hall–Kier alpha value is -1.39. The highest BCUT2D eigenvalue weighted by Gasteiger charge is 2.12. The van der Waals surface area contributed by atoms with Gasteiger partial charge in [-0.15, -0.1) is 0 Å². The van der Waals surface area contributed by atoms with Gasteiger partial charge in [-0.1, -0.05) is 41.1 Å². The molecular weight excluding hydrogens is 333 g/mol. The largest absolute Gasteiger partial charge is 0.489 e. The molecule has 2 aromatic carbocycles. The number of hydrogen-bond acceptors (Lipinski definition) is 2. The van der Waals surface area contributed by atoms with Gasteiger partial charge in [-0.25, -0.2) is 4.39 Å². The standard InChI is InChI=1S/C17H19BrFNO/c1-3-16(20-2)15-6-4-5-7-17(15)21-11-12-8-13(18)10-14(19)9-12/h4-10,16,20H,3,11H2,1-2H3. The van der Waals surface area contributed by atoms with E-state index in [0.717, 1.165) is 27.8 Å². The normalized spacial score (nSPS) is 12.2. The first-order valence-corrected chi connectivity index (χ1v) is 7.77. The molecule has 21 heavy (non-hydrogen) atoms. The third-order valence-corrected chi connectivity index (χ3v) is 3.83. The predicted octanol–water partition coefficient (Wildman–Crippen LogP) is 4.84. The van der Waals surface area contributed by atoms with Crippen LogP contribution in [0.15, 0.2) is 46.9 Å². The molecule has 0 aliphatic rings. The molecule has 0 saturated heterocycles. The minimum absolute atomic E-state index is 0.250. The van der Waals surface area contributed by atoms with Gasteiger partial charge in [-0.05, 0) is 43.3 Å². The molecule has 112 valence electrons. The van der Waals surface area contributed by atoms with E-state index < -0.39 is 0 Å². The molecule has 1 unspecified atom stereocenters. The molecule has 2 nitrogen and oxygen atoms in total. The average Bonchev–Trinajstić information content (AvgIpc) is 2.46.